The fraction of sp³-hybridized carbons (Fsp3) is 0.800. The number of carbonyl (C=O) groups excluding carboxylic acids is 1. The van der Waals surface area contributed by atoms with Crippen LogP contribution in [0.1, 0.15) is 6.42 Å². The third-order valence-electron chi connectivity index (χ3n) is 1.38. The van der Waals surface area contributed by atoms with Crippen molar-refractivity contribution >= 4 is 5.97 Å². The van der Waals surface area contributed by atoms with Crippen LogP contribution in [-0.2, 0) is 14.4 Å². The highest BCUT2D eigenvalue weighted by Crippen LogP contribution is 2.12. The molecule has 0 bridgehead atoms. The van der Waals surface area contributed by atoms with E-state index in [-0.39, 0.29) is 11.9 Å². The van der Waals surface area contributed by atoms with E-state index in [1.807, 2.05) is 0 Å². The third-order valence-corrected chi connectivity index (χ3v) is 1.38. The van der Waals surface area contributed by atoms with E-state index in [0.29, 0.717) is 13.2 Å². The molecule has 0 aromatic rings. The van der Waals surface area contributed by atoms with Crippen LogP contribution in [0.15, 0.2) is 0 Å². The normalized spacial score (nSPS) is 26.1. The zero-order valence-electron chi connectivity index (χ0n) is 5.00. The zero-order valence-corrected chi connectivity index (χ0v) is 5.00. The van der Waals surface area contributed by atoms with Gasteiger partial charge >= 0.3 is 5.97 Å². The average molecular weight is 131 g/mol. The van der Waals surface area contributed by atoms with Crippen LogP contribution in [0.2, 0.25) is 0 Å². The molecule has 0 aliphatic carbocycles. The van der Waals surface area contributed by atoms with Gasteiger partial charge in [-0.05, 0) is 6.42 Å². The van der Waals surface area contributed by atoms with Crippen molar-refractivity contribution in [3.8, 4) is 0 Å². The summed E-state index contributed by atoms with van der Waals surface area (Å²) < 4.78 is 4.92. The van der Waals surface area contributed by atoms with Crippen molar-refractivity contribution in [2.75, 3.05) is 13.2 Å². The maximum atomic E-state index is 10.6. The van der Waals surface area contributed by atoms with Crippen molar-refractivity contribution in [2.24, 2.45) is 11.8 Å². The van der Waals surface area contributed by atoms with Crippen LogP contribution in [0.4, 0.5) is 0 Å². The first-order chi connectivity index (χ1) is 4.34. The van der Waals surface area contributed by atoms with Crippen molar-refractivity contribution in [3.63, 3.8) is 0 Å². The summed E-state index contributed by atoms with van der Waals surface area (Å²) in [5.74, 6) is 4.15. The second-order valence-corrected chi connectivity index (χ2v) is 2.00. The molecule has 52 valence electrons. The molecule has 0 aromatic carbocycles. The molecule has 0 spiro atoms. The van der Waals surface area contributed by atoms with Gasteiger partial charge in [0.15, 0.2) is 0 Å². The zero-order chi connectivity index (χ0) is 6.69. The molecule has 0 amide bonds. The predicted octanol–water partition coefficient (Wildman–Crippen LogP) is -0.560. The van der Waals surface area contributed by atoms with E-state index >= 15 is 0 Å². The first-order valence-electron chi connectivity index (χ1n) is 2.83. The van der Waals surface area contributed by atoms with Gasteiger partial charge in [0.05, 0.1) is 12.5 Å². The lowest BCUT2D eigenvalue weighted by Gasteiger charge is -2.00. The topological polar surface area (TPSA) is 61.5 Å². The summed E-state index contributed by atoms with van der Waals surface area (Å²) in [7, 11) is 0. The average Bonchev–Trinajstić information content (AvgIpc) is 2.37. The minimum Gasteiger partial charge on any atom is -0.381 e. The summed E-state index contributed by atoms with van der Waals surface area (Å²) in [5, 5.41) is 0. The second kappa shape index (κ2) is 2.80. The van der Waals surface area contributed by atoms with Crippen LogP contribution in [0.5, 0.6) is 0 Å². The Bertz CT molecular complexity index is 109. The Morgan fingerprint density at radius 1 is 1.78 bits per heavy atom. The van der Waals surface area contributed by atoms with Gasteiger partial charge in [-0.2, -0.15) is 5.90 Å². The van der Waals surface area contributed by atoms with Gasteiger partial charge in [-0.1, -0.05) is 0 Å². The quantitative estimate of drug-likeness (QED) is 0.484. The summed E-state index contributed by atoms with van der Waals surface area (Å²) in [5.41, 5.74) is 0. The minimum absolute atomic E-state index is 0.130. The summed E-state index contributed by atoms with van der Waals surface area (Å²) >= 11 is 0. The van der Waals surface area contributed by atoms with Crippen LogP contribution >= 0.6 is 0 Å². The standard InChI is InChI=1S/C5H9NO3/c6-9-5(7)4-1-2-8-3-4/h4H,1-3,6H2/t4-/m1/s1. The van der Waals surface area contributed by atoms with Gasteiger partial charge < -0.3 is 9.57 Å². The van der Waals surface area contributed by atoms with Crippen LogP contribution < -0.4 is 5.90 Å². The first kappa shape index (κ1) is 6.51. The molecule has 0 radical (unpaired) electrons. The molecule has 0 saturated carbocycles. The lowest BCUT2D eigenvalue weighted by atomic mass is 10.1. The van der Waals surface area contributed by atoms with E-state index in [0.717, 1.165) is 6.42 Å². The third kappa shape index (κ3) is 1.40. The van der Waals surface area contributed by atoms with E-state index in [1.165, 1.54) is 0 Å². The Kier molecular flexibility index (Phi) is 2.02. The van der Waals surface area contributed by atoms with E-state index in [4.69, 9.17) is 4.74 Å². The molecule has 0 aromatic heterocycles. The molecule has 2 N–H and O–H groups in total. The van der Waals surface area contributed by atoms with Crippen molar-refractivity contribution < 1.29 is 14.4 Å². The highest BCUT2D eigenvalue weighted by molar-refractivity contribution is 5.72. The molecule has 1 fully saturated rings. The number of nitrogens with two attached hydrogens (primary N) is 1. The molecule has 1 saturated heterocycles. The molecule has 1 aliphatic heterocycles. The number of hydrogen-bond acceptors (Lipinski definition) is 4. The lowest BCUT2D eigenvalue weighted by molar-refractivity contribution is -0.149. The van der Waals surface area contributed by atoms with Gasteiger partial charge in [0.1, 0.15) is 0 Å². The van der Waals surface area contributed by atoms with Crippen LogP contribution in [0, 0.1) is 5.92 Å². The monoisotopic (exact) mass is 131 g/mol. The van der Waals surface area contributed by atoms with Gasteiger partial charge in [0.25, 0.3) is 0 Å². The Morgan fingerprint density at radius 2 is 2.56 bits per heavy atom. The van der Waals surface area contributed by atoms with Gasteiger partial charge in [-0.3, -0.25) is 0 Å². The van der Waals surface area contributed by atoms with Gasteiger partial charge in [0, 0.05) is 6.61 Å². The number of ether oxygens (including phenoxy) is 1. The van der Waals surface area contributed by atoms with Crippen LogP contribution in [-0.4, -0.2) is 19.2 Å². The number of carbonyl (C=O) groups is 1. The van der Waals surface area contributed by atoms with E-state index in [9.17, 15) is 4.79 Å². The minimum atomic E-state index is -0.368. The molecule has 4 nitrogen and oxygen atoms in total. The van der Waals surface area contributed by atoms with Gasteiger partial charge in [-0.25, -0.2) is 4.79 Å². The van der Waals surface area contributed by atoms with Gasteiger partial charge in [0.2, 0.25) is 0 Å². The highest BCUT2D eigenvalue weighted by Gasteiger charge is 2.24. The molecule has 1 aliphatic rings. The number of hydrogen-bond donors (Lipinski definition) is 1. The first-order valence-corrected chi connectivity index (χ1v) is 2.83. The SMILES string of the molecule is NOC(=O)[C@@H]1CCOC1. The molecule has 1 heterocycles. The smallest absolute Gasteiger partial charge is 0.329 e. The molecule has 0 unspecified atom stereocenters. The molecule has 9 heavy (non-hydrogen) atoms. The van der Waals surface area contributed by atoms with Crippen LogP contribution in [0.3, 0.4) is 0 Å². The van der Waals surface area contributed by atoms with Crippen molar-refractivity contribution in [3.05, 3.63) is 0 Å². The van der Waals surface area contributed by atoms with Crippen LogP contribution in [0.25, 0.3) is 0 Å². The maximum Gasteiger partial charge on any atom is 0.329 e. The Hall–Kier alpha value is -0.610. The Labute approximate surface area is 52.9 Å². The van der Waals surface area contributed by atoms with E-state index in [1.54, 1.807) is 0 Å². The number of rotatable bonds is 1. The molecule has 1 rings (SSSR count). The summed E-state index contributed by atoms with van der Waals surface area (Å²) in [6.45, 7) is 1.09. The molecular formula is C5H9NO3. The largest absolute Gasteiger partial charge is 0.381 e. The predicted molar refractivity (Wildman–Crippen MR) is 29.2 cm³/mol. The Balaban J connectivity index is 2.32. The lowest BCUT2D eigenvalue weighted by Crippen LogP contribution is -2.20. The van der Waals surface area contributed by atoms with E-state index in [2.05, 4.69) is 10.7 Å². The second-order valence-electron chi connectivity index (χ2n) is 2.00. The van der Waals surface area contributed by atoms with Crippen molar-refractivity contribution in [1.82, 2.24) is 0 Å². The van der Waals surface area contributed by atoms with Gasteiger partial charge in [-0.15, -0.1) is 0 Å². The maximum absolute atomic E-state index is 10.6. The summed E-state index contributed by atoms with van der Waals surface area (Å²) in [4.78, 5) is 14.6. The molecular weight excluding hydrogens is 122 g/mol. The molecule has 4 heteroatoms. The van der Waals surface area contributed by atoms with Crippen molar-refractivity contribution in [1.29, 1.82) is 0 Å². The fourth-order valence-corrected chi connectivity index (χ4v) is 0.817. The van der Waals surface area contributed by atoms with E-state index < -0.39 is 0 Å². The molecule has 1 atom stereocenters. The summed E-state index contributed by atoms with van der Waals surface area (Å²) in [6.07, 6.45) is 0.732. The highest BCUT2D eigenvalue weighted by atomic mass is 16.7. The fourth-order valence-electron chi connectivity index (χ4n) is 0.817. The Morgan fingerprint density at radius 3 is 3.00 bits per heavy atom. The summed E-state index contributed by atoms with van der Waals surface area (Å²) in [6, 6.07) is 0. The van der Waals surface area contributed by atoms with Crippen molar-refractivity contribution in [2.45, 2.75) is 6.42 Å².